The fourth-order valence-electron chi connectivity index (χ4n) is 2.48. The lowest BCUT2D eigenvalue weighted by Gasteiger charge is -2.14. The maximum atomic E-state index is 6.08. The standard InChI is InChI=1S/C17H16N2/c1-12(18)13-6-2-3-7-14(13)15-8-4-10-17-16(15)9-5-11-19-17/h2-12H,18H2,1H3. The molecule has 2 N–H and O–H groups in total. The molecule has 0 spiro atoms. The van der Waals surface area contributed by atoms with Crippen LogP contribution in [0.25, 0.3) is 22.0 Å². The molecule has 2 aromatic carbocycles. The second kappa shape index (κ2) is 4.82. The van der Waals surface area contributed by atoms with Gasteiger partial charge in [0.1, 0.15) is 0 Å². The van der Waals surface area contributed by atoms with Crippen molar-refractivity contribution in [1.29, 1.82) is 0 Å². The number of benzene rings is 2. The van der Waals surface area contributed by atoms with E-state index in [4.69, 9.17) is 5.73 Å². The molecule has 2 nitrogen and oxygen atoms in total. The number of fused-ring (bicyclic) bond motifs is 1. The Kier molecular flexibility index (Phi) is 3.02. The first-order valence-corrected chi connectivity index (χ1v) is 6.46. The first-order chi connectivity index (χ1) is 9.27. The molecule has 1 unspecified atom stereocenters. The Morgan fingerprint density at radius 2 is 1.68 bits per heavy atom. The molecule has 0 radical (unpaired) electrons. The fourth-order valence-corrected chi connectivity index (χ4v) is 2.48. The van der Waals surface area contributed by atoms with Crippen molar-refractivity contribution in [2.45, 2.75) is 13.0 Å². The Balaban J connectivity index is 2.31. The van der Waals surface area contributed by atoms with E-state index in [1.165, 1.54) is 16.7 Å². The van der Waals surface area contributed by atoms with E-state index in [9.17, 15) is 0 Å². The number of hydrogen-bond acceptors (Lipinski definition) is 2. The number of nitrogens with zero attached hydrogens (tertiary/aromatic N) is 1. The quantitative estimate of drug-likeness (QED) is 0.746. The highest BCUT2D eigenvalue weighted by molar-refractivity contribution is 5.95. The molecule has 0 aliphatic heterocycles. The van der Waals surface area contributed by atoms with E-state index in [0.29, 0.717) is 0 Å². The van der Waals surface area contributed by atoms with Crippen LogP contribution in [0.5, 0.6) is 0 Å². The molecule has 2 heteroatoms. The third kappa shape index (κ3) is 2.11. The van der Waals surface area contributed by atoms with Gasteiger partial charge in [-0.1, -0.05) is 42.5 Å². The van der Waals surface area contributed by atoms with Crippen molar-refractivity contribution in [3.8, 4) is 11.1 Å². The van der Waals surface area contributed by atoms with Crippen LogP contribution in [0.1, 0.15) is 18.5 Å². The van der Waals surface area contributed by atoms with Crippen LogP contribution in [0.3, 0.4) is 0 Å². The fraction of sp³-hybridized carbons (Fsp3) is 0.118. The molecule has 3 rings (SSSR count). The van der Waals surface area contributed by atoms with Gasteiger partial charge in [0, 0.05) is 17.6 Å². The van der Waals surface area contributed by atoms with Crippen molar-refractivity contribution < 1.29 is 0 Å². The highest BCUT2D eigenvalue weighted by Gasteiger charge is 2.10. The van der Waals surface area contributed by atoms with Gasteiger partial charge in [0.2, 0.25) is 0 Å². The van der Waals surface area contributed by atoms with Crippen LogP contribution < -0.4 is 5.73 Å². The Morgan fingerprint density at radius 1 is 0.895 bits per heavy atom. The van der Waals surface area contributed by atoms with Gasteiger partial charge in [0.05, 0.1) is 5.52 Å². The third-order valence-corrected chi connectivity index (χ3v) is 3.39. The van der Waals surface area contributed by atoms with Crippen molar-refractivity contribution in [1.82, 2.24) is 4.98 Å². The number of pyridine rings is 1. The first-order valence-electron chi connectivity index (χ1n) is 6.46. The summed E-state index contributed by atoms with van der Waals surface area (Å²) in [6.45, 7) is 2.02. The minimum atomic E-state index is 0.0168. The van der Waals surface area contributed by atoms with Crippen molar-refractivity contribution in [2.24, 2.45) is 5.73 Å². The second-order valence-corrected chi connectivity index (χ2v) is 4.75. The largest absolute Gasteiger partial charge is 0.324 e. The summed E-state index contributed by atoms with van der Waals surface area (Å²) in [6.07, 6.45) is 1.82. The maximum Gasteiger partial charge on any atom is 0.0708 e. The monoisotopic (exact) mass is 248 g/mol. The van der Waals surface area contributed by atoms with E-state index in [1.54, 1.807) is 0 Å². The number of nitrogens with two attached hydrogens (primary N) is 1. The van der Waals surface area contributed by atoms with E-state index < -0.39 is 0 Å². The lowest BCUT2D eigenvalue weighted by Crippen LogP contribution is -2.06. The minimum Gasteiger partial charge on any atom is -0.324 e. The van der Waals surface area contributed by atoms with Gasteiger partial charge in [-0.25, -0.2) is 0 Å². The Morgan fingerprint density at radius 3 is 2.53 bits per heavy atom. The summed E-state index contributed by atoms with van der Waals surface area (Å²) in [4.78, 5) is 4.41. The highest BCUT2D eigenvalue weighted by atomic mass is 14.6. The van der Waals surface area contributed by atoms with Gasteiger partial charge in [-0.15, -0.1) is 0 Å². The normalized spacial score (nSPS) is 12.5. The van der Waals surface area contributed by atoms with Gasteiger partial charge in [-0.2, -0.15) is 0 Å². The Hall–Kier alpha value is -2.19. The van der Waals surface area contributed by atoms with Crippen molar-refractivity contribution in [2.75, 3.05) is 0 Å². The predicted octanol–water partition coefficient (Wildman–Crippen LogP) is 3.92. The summed E-state index contributed by atoms with van der Waals surface area (Å²) in [5.41, 5.74) is 10.6. The molecule has 0 bridgehead atoms. The first kappa shape index (κ1) is 11.9. The second-order valence-electron chi connectivity index (χ2n) is 4.75. The van der Waals surface area contributed by atoms with Crippen LogP contribution in [0.15, 0.2) is 60.8 Å². The molecule has 0 amide bonds. The summed E-state index contributed by atoms with van der Waals surface area (Å²) >= 11 is 0. The Bertz CT molecular complexity index is 712. The SMILES string of the molecule is CC(N)c1ccccc1-c1cccc2ncccc12. The van der Waals surface area contributed by atoms with Crippen molar-refractivity contribution in [3.05, 3.63) is 66.4 Å². The molecule has 94 valence electrons. The van der Waals surface area contributed by atoms with Gasteiger partial charge in [-0.3, -0.25) is 4.98 Å². The van der Waals surface area contributed by atoms with E-state index in [0.717, 1.165) is 10.9 Å². The lowest BCUT2D eigenvalue weighted by atomic mass is 9.93. The summed E-state index contributed by atoms with van der Waals surface area (Å²) in [6, 6.07) is 18.6. The van der Waals surface area contributed by atoms with Crippen LogP contribution in [-0.4, -0.2) is 4.98 Å². The smallest absolute Gasteiger partial charge is 0.0708 e. The summed E-state index contributed by atoms with van der Waals surface area (Å²) in [7, 11) is 0. The van der Waals surface area contributed by atoms with Gasteiger partial charge in [-0.05, 0) is 35.7 Å². The molecule has 0 saturated carbocycles. The summed E-state index contributed by atoms with van der Waals surface area (Å²) < 4.78 is 0. The average molecular weight is 248 g/mol. The third-order valence-electron chi connectivity index (χ3n) is 3.39. The van der Waals surface area contributed by atoms with Crippen LogP contribution >= 0.6 is 0 Å². The van der Waals surface area contributed by atoms with Gasteiger partial charge < -0.3 is 5.73 Å². The van der Waals surface area contributed by atoms with Gasteiger partial charge in [0.25, 0.3) is 0 Å². The molecule has 1 atom stereocenters. The molecule has 0 saturated heterocycles. The van der Waals surface area contributed by atoms with E-state index >= 15 is 0 Å². The Labute approximate surface area is 112 Å². The van der Waals surface area contributed by atoms with E-state index in [2.05, 4.69) is 35.3 Å². The van der Waals surface area contributed by atoms with Gasteiger partial charge in [0.15, 0.2) is 0 Å². The molecule has 19 heavy (non-hydrogen) atoms. The summed E-state index contributed by atoms with van der Waals surface area (Å²) in [5, 5.41) is 1.16. The molecule has 3 aromatic rings. The molecular weight excluding hydrogens is 232 g/mol. The molecular formula is C17H16N2. The molecule has 1 aromatic heterocycles. The summed E-state index contributed by atoms with van der Waals surface area (Å²) in [5.74, 6) is 0. The molecule has 1 heterocycles. The zero-order chi connectivity index (χ0) is 13.2. The molecule has 0 aliphatic rings. The van der Waals surface area contributed by atoms with Crippen LogP contribution in [0.2, 0.25) is 0 Å². The average Bonchev–Trinajstić information content (AvgIpc) is 2.46. The van der Waals surface area contributed by atoms with E-state index in [-0.39, 0.29) is 6.04 Å². The zero-order valence-corrected chi connectivity index (χ0v) is 10.9. The van der Waals surface area contributed by atoms with Crippen LogP contribution in [0.4, 0.5) is 0 Å². The van der Waals surface area contributed by atoms with Crippen LogP contribution in [0, 0.1) is 0 Å². The maximum absolute atomic E-state index is 6.08. The lowest BCUT2D eigenvalue weighted by molar-refractivity contribution is 0.820. The molecule has 0 aliphatic carbocycles. The molecule has 0 fully saturated rings. The van der Waals surface area contributed by atoms with E-state index in [1.807, 2.05) is 37.4 Å². The number of rotatable bonds is 2. The highest BCUT2D eigenvalue weighted by Crippen LogP contribution is 2.32. The topological polar surface area (TPSA) is 38.9 Å². The van der Waals surface area contributed by atoms with Gasteiger partial charge >= 0.3 is 0 Å². The van der Waals surface area contributed by atoms with Crippen molar-refractivity contribution >= 4 is 10.9 Å². The minimum absolute atomic E-state index is 0.0168. The van der Waals surface area contributed by atoms with Crippen LogP contribution in [-0.2, 0) is 0 Å². The number of aromatic nitrogens is 1. The van der Waals surface area contributed by atoms with Crippen molar-refractivity contribution in [3.63, 3.8) is 0 Å². The number of hydrogen-bond donors (Lipinski definition) is 1. The zero-order valence-electron chi connectivity index (χ0n) is 10.9. The predicted molar refractivity (Wildman–Crippen MR) is 79.8 cm³/mol.